The average molecular weight is 235 g/mol. The molecule has 2 N–H and O–H groups in total. The summed E-state index contributed by atoms with van der Waals surface area (Å²) >= 11 is 0. The van der Waals surface area contributed by atoms with Gasteiger partial charge in [-0.2, -0.15) is 0 Å². The molecule has 0 aromatic heterocycles. The van der Waals surface area contributed by atoms with Gasteiger partial charge in [0, 0.05) is 18.7 Å². The van der Waals surface area contributed by atoms with Gasteiger partial charge < -0.3 is 10.4 Å². The molecule has 1 unspecified atom stereocenters. The minimum absolute atomic E-state index is 0.188. The van der Waals surface area contributed by atoms with E-state index in [1.54, 1.807) is 0 Å². The van der Waals surface area contributed by atoms with Crippen molar-refractivity contribution in [1.29, 1.82) is 0 Å². The molecule has 3 nitrogen and oxygen atoms in total. The Balaban J connectivity index is 2.45. The number of carbonyl (C=O) groups is 1. The third kappa shape index (κ3) is 5.95. The maximum absolute atomic E-state index is 10.8. The quantitative estimate of drug-likeness (QED) is 0.762. The molecule has 3 heteroatoms. The van der Waals surface area contributed by atoms with Crippen LogP contribution in [0.2, 0.25) is 0 Å². The fourth-order valence-electron chi connectivity index (χ4n) is 1.97. The molecule has 1 rings (SSSR count). The molecule has 0 bridgehead atoms. The first-order chi connectivity index (χ1) is 8.08. The maximum atomic E-state index is 10.8. The van der Waals surface area contributed by atoms with Crippen LogP contribution in [0.3, 0.4) is 0 Å². The predicted molar refractivity (Wildman–Crippen MR) is 70.1 cm³/mol. The fraction of sp³-hybridized carbons (Fsp3) is 0.500. The van der Waals surface area contributed by atoms with Gasteiger partial charge in [-0.25, -0.2) is 0 Å². The first kappa shape index (κ1) is 13.6. The van der Waals surface area contributed by atoms with Gasteiger partial charge in [0.05, 0.1) is 0 Å². The van der Waals surface area contributed by atoms with E-state index >= 15 is 0 Å². The number of carboxylic acid groups (broad SMARTS) is 1. The van der Waals surface area contributed by atoms with Crippen molar-refractivity contribution in [3.8, 4) is 0 Å². The summed E-state index contributed by atoms with van der Waals surface area (Å²) in [4.78, 5) is 10.8. The zero-order valence-electron chi connectivity index (χ0n) is 10.5. The Labute approximate surface area is 103 Å². The summed E-state index contributed by atoms with van der Waals surface area (Å²) < 4.78 is 0. The van der Waals surface area contributed by atoms with Crippen molar-refractivity contribution in [1.82, 2.24) is 0 Å². The van der Waals surface area contributed by atoms with Gasteiger partial charge in [-0.3, -0.25) is 4.79 Å². The summed E-state index contributed by atoms with van der Waals surface area (Å²) in [7, 11) is 0. The van der Waals surface area contributed by atoms with E-state index in [0.717, 1.165) is 12.1 Å². The summed E-state index contributed by atoms with van der Waals surface area (Å²) in [6.45, 7) is 4.96. The second-order valence-electron chi connectivity index (χ2n) is 4.84. The summed E-state index contributed by atoms with van der Waals surface area (Å²) in [5, 5.41) is 12.2. The van der Waals surface area contributed by atoms with Crippen molar-refractivity contribution in [2.24, 2.45) is 11.8 Å². The first-order valence-corrected chi connectivity index (χ1v) is 6.08. The van der Waals surface area contributed by atoms with Gasteiger partial charge >= 0.3 is 5.97 Å². The largest absolute Gasteiger partial charge is 0.481 e. The summed E-state index contributed by atoms with van der Waals surface area (Å²) in [5.41, 5.74) is 1.05. The van der Waals surface area contributed by atoms with Crippen molar-refractivity contribution >= 4 is 11.7 Å². The lowest BCUT2D eigenvalue weighted by Crippen LogP contribution is -2.19. The highest BCUT2D eigenvalue weighted by Gasteiger charge is 2.14. The Kier molecular flexibility index (Phi) is 5.53. The molecule has 1 aromatic rings. The van der Waals surface area contributed by atoms with Gasteiger partial charge in [0.25, 0.3) is 0 Å². The van der Waals surface area contributed by atoms with E-state index in [4.69, 9.17) is 5.11 Å². The third-order valence-electron chi connectivity index (χ3n) is 2.64. The van der Waals surface area contributed by atoms with Crippen LogP contribution >= 0.6 is 0 Å². The van der Waals surface area contributed by atoms with Gasteiger partial charge in [-0.15, -0.1) is 0 Å². The summed E-state index contributed by atoms with van der Waals surface area (Å²) in [6.07, 6.45) is 1.17. The zero-order valence-corrected chi connectivity index (χ0v) is 10.5. The minimum Gasteiger partial charge on any atom is -0.481 e. The van der Waals surface area contributed by atoms with Gasteiger partial charge in [0.1, 0.15) is 0 Å². The van der Waals surface area contributed by atoms with Crippen LogP contribution < -0.4 is 5.32 Å². The Morgan fingerprint density at radius 2 is 1.94 bits per heavy atom. The monoisotopic (exact) mass is 235 g/mol. The number of benzene rings is 1. The number of anilines is 1. The van der Waals surface area contributed by atoms with Gasteiger partial charge in [-0.05, 0) is 30.4 Å². The second-order valence-corrected chi connectivity index (χ2v) is 4.84. The molecule has 0 saturated heterocycles. The van der Waals surface area contributed by atoms with E-state index in [-0.39, 0.29) is 12.3 Å². The van der Waals surface area contributed by atoms with Crippen LogP contribution in [0, 0.1) is 11.8 Å². The molecule has 17 heavy (non-hydrogen) atoms. The number of hydrogen-bond acceptors (Lipinski definition) is 2. The predicted octanol–water partition coefficient (Wildman–Crippen LogP) is 3.24. The molecule has 0 heterocycles. The lowest BCUT2D eigenvalue weighted by molar-refractivity contribution is -0.138. The van der Waals surface area contributed by atoms with Crippen LogP contribution in [0.4, 0.5) is 5.69 Å². The standard InChI is InChI=1S/C14H21NO2/c1-11(2)8-12(9-14(16)17)10-15-13-6-4-3-5-7-13/h3-7,11-12,15H,8-10H2,1-2H3,(H,16,17). The number of carboxylic acids is 1. The first-order valence-electron chi connectivity index (χ1n) is 6.08. The molecule has 0 fully saturated rings. The number of para-hydroxylation sites is 1. The molecular formula is C14H21NO2. The Morgan fingerprint density at radius 3 is 2.47 bits per heavy atom. The van der Waals surface area contributed by atoms with Crippen molar-refractivity contribution in [2.75, 3.05) is 11.9 Å². The second kappa shape index (κ2) is 6.94. The van der Waals surface area contributed by atoms with E-state index in [1.807, 2.05) is 30.3 Å². The molecule has 0 spiro atoms. The highest BCUT2D eigenvalue weighted by Crippen LogP contribution is 2.17. The van der Waals surface area contributed by atoms with E-state index in [2.05, 4.69) is 19.2 Å². The molecule has 0 amide bonds. The highest BCUT2D eigenvalue weighted by atomic mass is 16.4. The molecule has 0 aliphatic carbocycles. The molecule has 0 aliphatic heterocycles. The average Bonchev–Trinajstić information content (AvgIpc) is 2.26. The minimum atomic E-state index is -0.717. The molecule has 0 aliphatic rings. The third-order valence-corrected chi connectivity index (χ3v) is 2.64. The lowest BCUT2D eigenvalue weighted by atomic mass is 9.94. The van der Waals surface area contributed by atoms with Crippen LogP contribution in [0.1, 0.15) is 26.7 Å². The summed E-state index contributed by atoms with van der Waals surface area (Å²) in [6, 6.07) is 9.89. The molecule has 94 valence electrons. The topological polar surface area (TPSA) is 49.3 Å². The van der Waals surface area contributed by atoms with Gasteiger partial charge in [0.2, 0.25) is 0 Å². The molecule has 1 atom stereocenters. The maximum Gasteiger partial charge on any atom is 0.303 e. The van der Waals surface area contributed by atoms with Gasteiger partial charge in [-0.1, -0.05) is 32.0 Å². The number of rotatable bonds is 7. The van der Waals surface area contributed by atoms with Crippen LogP contribution in [0.15, 0.2) is 30.3 Å². The number of aliphatic carboxylic acids is 1. The molecule has 0 radical (unpaired) electrons. The van der Waals surface area contributed by atoms with Crippen LogP contribution in [-0.4, -0.2) is 17.6 Å². The van der Waals surface area contributed by atoms with Crippen molar-refractivity contribution < 1.29 is 9.90 Å². The van der Waals surface area contributed by atoms with E-state index < -0.39 is 5.97 Å². The highest BCUT2D eigenvalue weighted by molar-refractivity contribution is 5.67. The SMILES string of the molecule is CC(C)CC(CNc1ccccc1)CC(=O)O. The Hall–Kier alpha value is -1.51. The number of hydrogen-bond donors (Lipinski definition) is 2. The van der Waals surface area contributed by atoms with E-state index in [9.17, 15) is 4.79 Å². The van der Waals surface area contributed by atoms with Crippen LogP contribution in [0.25, 0.3) is 0 Å². The number of nitrogens with one attached hydrogen (secondary N) is 1. The molecule has 1 aromatic carbocycles. The van der Waals surface area contributed by atoms with Crippen LogP contribution in [0.5, 0.6) is 0 Å². The fourth-order valence-corrected chi connectivity index (χ4v) is 1.97. The normalized spacial score (nSPS) is 12.4. The van der Waals surface area contributed by atoms with Crippen molar-refractivity contribution in [2.45, 2.75) is 26.7 Å². The smallest absolute Gasteiger partial charge is 0.303 e. The van der Waals surface area contributed by atoms with Crippen molar-refractivity contribution in [3.05, 3.63) is 30.3 Å². The van der Waals surface area contributed by atoms with Crippen LogP contribution in [-0.2, 0) is 4.79 Å². The van der Waals surface area contributed by atoms with E-state index in [1.165, 1.54) is 0 Å². The summed E-state index contributed by atoms with van der Waals surface area (Å²) in [5.74, 6) is -0.00450. The zero-order chi connectivity index (χ0) is 12.7. The Morgan fingerprint density at radius 1 is 1.29 bits per heavy atom. The lowest BCUT2D eigenvalue weighted by Gasteiger charge is -2.18. The van der Waals surface area contributed by atoms with Crippen molar-refractivity contribution in [3.63, 3.8) is 0 Å². The molecular weight excluding hydrogens is 214 g/mol. The Bertz CT molecular complexity index is 335. The molecule has 0 saturated carbocycles. The van der Waals surface area contributed by atoms with Gasteiger partial charge in [0.15, 0.2) is 0 Å². The van der Waals surface area contributed by atoms with E-state index in [0.29, 0.717) is 12.5 Å².